The monoisotopic (exact) mass is 454 g/mol. The Morgan fingerprint density at radius 1 is 1.00 bits per heavy atom. The second-order valence-electron chi connectivity index (χ2n) is 7.79. The maximum Gasteiger partial charge on any atom is 0.338 e. The van der Waals surface area contributed by atoms with Crippen molar-refractivity contribution in [3.05, 3.63) is 59.2 Å². The maximum atomic E-state index is 12.6. The van der Waals surface area contributed by atoms with E-state index in [9.17, 15) is 14.4 Å². The molecule has 0 bridgehead atoms. The minimum Gasteiger partial charge on any atom is -0.493 e. The predicted molar refractivity (Wildman–Crippen MR) is 122 cm³/mol. The topological polar surface area (TPSA) is 85.4 Å². The van der Waals surface area contributed by atoms with Crippen LogP contribution in [0.5, 0.6) is 11.5 Å². The lowest BCUT2D eigenvalue weighted by Crippen LogP contribution is -2.34. The third kappa shape index (κ3) is 6.25. The van der Waals surface area contributed by atoms with Crippen molar-refractivity contribution in [3.63, 3.8) is 0 Å². The largest absolute Gasteiger partial charge is 0.493 e. The zero-order chi connectivity index (χ0) is 23.8. The average molecular weight is 455 g/mol. The third-order valence-electron chi connectivity index (χ3n) is 5.62. The van der Waals surface area contributed by atoms with Gasteiger partial charge in [-0.15, -0.1) is 0 Å². The van der Waals surface area contributed by atoms with Crippen molar-refractivity contribution in [1.82, 2.24) is 9.80 Å². The summed E-state index contributed by atoms with van der Waals surface area (Å²) in [7, 11) is 3.12. The molecule has 0 aliphatic carbocycles. The van der Waals surface area contributed by atoms with Crippen LogP contribution in [0.2, 0.25) is 0 Å². The van der Waals surface area contributed by atoms with Gasteiger partial charge in [0, 0.05) is 32.6 Å². The van der Waals surface area contributed by atoms with E-state index in [0.29, 0.717) is 43.1 Å². The first-order chi connectivity index (χ1) is 15.9. The fourth-order valence-electron chi connectivity index (χ4n) is 3.72. The van der Waals surface area contributed by atoms with Gasteiger partial charge in [-0.05, 0) is 48.7 Å². The Hall–Kier alpha value is -3.55. The molecule has 8 nitrogen and oxygen atoms in total. The van der Waals surface area contributed by atoms with Crippen LogP contribution in [0.15, 0.2) is 42.5 Å². The zero-order valence-corrected chi connectivity index (χ0v) is 19.3. The Morgan fingerprint density at radius 2 is 1.70 bits per heavy atom. The van der Waals surface area contributed by atoms with Gasteiger partial charge in [-0.3, -0.25) is 9.59 Å². The van der Waals surface area contributed by atoms with Gasteiger partial charge in [0.15, 0.2) is 18.1 Å². The summed E-state index contributed by atoms with van der Waals surface area (Å²) in [6.07, 6.45) is 1.48. The molecule has 1 aliphatic heterocycles. The standard InChI is InChI=1S/C25H30N2O6/c1-4-26(16-19-9-12-21(31-2)22(14-19)32-3)24(29)17-33-25(30)20-10-7-18(8-11-20)15-27-13-5-6-23(27)28/h7-12,14H,4-6,13,15-17H2,1-3H3. The number of amides is 2. The van der Waals surface area contributed by atoms with Crippen molar-refractivity contribution in [2.75, 3.05) is 33.9 Å². The molecule has 0 saturated carbocycles. The smallest absolute Gasteiger partial charge is 0.338 e. The SMILES string of the molecule is CCN(Cc1ccc(OC)c(OC)c1)C(=O)COC(=O)c1ccc(CN2CCCC2=O)cc1. The average Bonchev–Trinajstić information content (AvgIpc) is 3.25. The number of nitrogens with zero attached hydrogens (tertiary/aromatic N) is 2. The summed E-state index contributed by atoms with van der Waals surface area (Å²) in [4.78, 5) is 40.2. The first-order valence-corrected chi connectivity index (χ1v) is 11.0. The minimum absolute atomic E-state index is 0.158. The lowest BCUT2D eigenvalue weighted by Gasteiger charge is -2.21. The second kappa shape index (κ2) is 11.4. The first kappa shape index (κ1) is 24.1. The van der Waals surface area contributed by atoms with E-state index < -0.39 is 5.97 Å². The van der Waals surface area contributed by atoms with Gasteiger partial charge >= 0.3 is 5.97 Å². The highest BCUT2D eigenvalue weighted by Gasteiger charge is 2.20. The highest BCUT2D eigenvalue weighted by atomic mass is 16.5. The van der Waals surface area contributed by atoms with Gasteiger partial charge in [-0.2, -0.15) is 0 Å². The molecular weight excluding hydrogens is 424 g/mol. The Bertz CT molecular complexity index is 989. The van der Waals surface area contributed by atoms with Crippen molar-refractivity contribution in [3.8, 4) is 11.5 Å². The Balaban J connectivity index is 1.53. The van der Waals surface area contributed by atoms with E-state index in [-0.39, 0.29) is 18.4 Å². The van der Waals surface area contributed by atoms with Crippen molar-refractivity contribution in [2.24, 2.45) is 0 Å². The van der Waals surface area contributed by atoms with Crippen LogP contribution in [-0.2, 0) is 27.4 Å². The van der Waals surface area contributed by atoms with Gasteiger partial charge in [0.25, 0.3) is 5.91 Å². The summed E-state index contributed by atoms with van der Waals surface area (Å²) in [6, 6.07) is 12.4. The number of likely N-dealkylation sites (N-methyl/N-ethyl adjacent to an activating group) is 1. The Labute approximate surface area is 194 Å². The van der Waals surface area contributed by atoms with Crippen LogP contribution in [0.1, 0.15) is 41.3 Å². The Kier molecular flexibility index (Phi) is 8.29. The zero-order valence-electron chi connectivity index (χ0n) is 19.3. The molecule has 176 valence electrons. The van der Waals surface area contributed by atoms with Crippen LogP contribution >= 0.6 is 0 Å². The molecule has 33 heavy (non-hydrogen) atoms. The van der Waals surface area contributed by atoms with E-state index in [0.717, 1.165) is 24.1 Å². The van der Waals surface area contributed by atoms with Crippen molar-refractivity contribution < 1.29 is 28.6 Å². The molecule has 1 saturated heterocycles. The van der Waals surface area contributed by atoms with Gasteiger partial charge in [-0.1, -0.05) is 18.2 Å². The van der Waals surface area contributed by atoms with Gasteiger partial charge in [0.05, 0.1) is 19.8 Å². The van der Waals surface area contributed by atoms with Crippen LogP contribution in [0, 0.1) is 0 Å². The number of hydrogen-bond acceptors (Lipinski definition) is 6. The summed E-state index contributed by atoms with van der Waals surface area (Å²) in [5, 5.41) is 0. The predicted octanol–water partition coefficient (Wildman–Crippen LogP) is 3.03. The van der Waals surface area contributed by atoms with E-state index in [1.54, 1.807) is 49.5 Å². The molecule has 1 heterocycles. The number of likely N-dealkylation sites (tertiary alicyclic amines) is 1. The first-order valence-electron chi connectivity index (χ1n) is 11.0. The van der Waals surface area contributed by atoms with E-state index in [1.807, 2.05) is 24.0 Å². The highest BCUT2D eigenvalue weighted by molar-refractivity contribution is 5.91. The van der Waals surface area contributed by atoms with Crippen LogP contribution in [-0.4, -0.2) is 61.5 Å². The molecule has 0 aromatic heterocycles. The van der Waals surface area contributed by atoms with Crippen molar-refractivity contribution >= 4 is 17.8 Å². The van der Waals surface area contributed by atoms with Crippen LogP contribution in [0.25, 0.3) is 0 Å². The molecule has 8 heteroatoms. The second-order valence-corrected chi connectivity index (χ2v) is 7.79. The number of rotatable bonds is 10. The molecule has 0 atom stereocenters. The molecule has 2 aromatic carbocycles. The van der Waals surface area contributed by atoms with Crippen molar-refractivity contribution in [1.29, 1.82) is 0 Å². The number of methoxy groups -OCH3 is 2. The molecule has 1 fully saturated rings. The van der Waals surface area contributed by atoms with E-state index in [2.05, 4.69) is 0 Å². The van der Waals surface area contributed by atoms with Gasteiger partial charge in [0.2, 0.25) is 5.91 Å². The quantitative estimate of drug-likeness (QED) is 0.513. The number of carbonyl (C=O) groups is 3. The molecule has 1 aliphatic rings. The van der Waals surface area contributed by atoms with E-state index in [4.69, 9.17) is 14.2 Å². The molecule has 0 radical (unpaired) electrons. The van der Waals surface area contributed by atoms with Crippen LogP contribution in [0.3, 0.4) is 0 Å². The molecular formula is C25H30N2O6. The van der Waals surface area contributed by atoms with E-state index in [1.165, 1.54) is 0 Å². The minimum atomic E-state index is -0.561. The maximum absolute atomic E-state index is 12.6. The summed E-state index contributed by atoms with van der Waals surface area (Å²) in [5.74, 6) is 0.509. The fraction of sp³-hybridized carbons (Fsp3) is 0.400. The van der Waals surface area contributed by atoms with Gasteiger partial charge < -0.3 is 24.0 Å². The summed E-state index contributed by atoms with van der Waals surface area (Å²) in [5.41, 5.74) is 2.19. The van der Waals surface area contributed by atoms with Gasteiger partial charge in [-0.25, -0.2) is 4.79 Å². The summed E-state index contributed by atoms with van der Waals surface area (Å²) < 4.78 is 15.8. The molecule has 2 amide bonds. The highest BCUT2D eigenvalue weighted by Crippen LogP contribution is 2.28. The normalized spacial score (nSPS) is 13.1. The van der Waals surface area contributed by atoms with Gasteiger partial charge in [0.1, 0.15) is 0 Å². The third-order valence-corrected chi connectivity index (χ3v) is 5.62. The fourth-order valence-corrected chi connectivity index (χ4v) is 3.72. The summed E-state index contributed by atoms with van der Waals surface area (Å²) in [6.45, 7) is 3.65. The number of carbonyl (C=O) groups excluding carboxylic acids is 3. The molecule has 0 spiro atoms. The van der Waals surface area contributed by atoms with Crippen LogP contribution < -0.4 is 9.47 Å². The molecule has 2 aromatic rings. The number of ether oxygens (including phenoxy) is 3. The lowest BCUT2D eigenvalue weighted by molar-refractivity contribution is -0.135. The molecule has 0 unspecified atom stereocenters. The number of esters is 1. The Morgan fingerprint density at radius 3 is 2.30 bits per heavy atom. The van der Waals surface area contributed by atoms with Crippen molar-refractivity contribution in [2.45, 2.75) is 32.9 Å². The lowest BCUT2D eigenvalue weighted by atomic mass is 10.1. The molecule has 0 N–H and O–H groups in total. The van der Waals surface area contributed by atoms with Crippen LogP contribution in [0.4, 0.5) is 0 Å². The van der Waals surface area contributed by atoms with E-state index >= 15 is 0 Å². The molecule has 3 rings (SSSR count). The number of hydrogen-bond donors (Lipinski definition) is 0. The number of benzene rings is 2. The summed E-state index contributed by atoms with van der Waals surface area (Å²) >= 11 is 0.